The minimum absolute atomic E-state index is 0.0160. The van der Waals surface area contributed by atoms with Gasteiger partial charge in [0.15, 0.2) is 0 Å². The minimum Gasteiger partial charge on any atom is -0.497 e. The highest BCUT2D eigenvalue weighted by Crippen LogP contribution is 2.22. The van der Waals surface area contributed by atoms with Crippen LogP contribution < -0.4 is 20.7 Å². The molecule has 10 heteroatoms. The van der Waals surface area contributed by atoms with Crippen molar-refractivity contribution in [1.82, 2.24) is 20.9 Å². The van der Waals surface area contributed by atoms with Crippen LogP contribution in [0.4, 0.5) is 0 Å². The lowest BCUT2D eigenvalue weighted by Crippen LogP contribution is -2.65. The van der Waals surface area contributed by atoms with E-state index in [-0.39, 0.29) is 31.3 Å². The van der Waals surface area contributed by atoms with E-state index in [1.165, 1.54) is 4.90 Å². The summed E-state index contributed by atoms with van der Waals surface area (Å²) in [5, 5.41) is 17.6. The Balaban J connectivity index is 1.94. The molecule has 0 saturated carbocycles. The molecule has 0 aliphatic carbocycles. The summed E-state index contributed by atoms with van der Waals surface area (Å²) in [5.74, 6) is -0.929. The Bertz CT molecular complexity index is 952. The Hall–Kier alpha value is -3.14. The Morgan fingerprint density at radius 2 is 1.78 bits per heavy atom. The Kier molecular flexibility index (Phi) is 9.31. The number of methoxy groups -OCH3 is 1. The molecule has 1 aromatic carbocycles. The van der Waals surface area contributed by atoms with E-state index in [2.05, 4.69) is 16.0 Å². The minimum atomic E-state index is -1.28. The van der Waals surface area contributed by atoms with Gasteiger partial charge in [0, 0.05) is 19.6 Å². The maximum Gasteiger partial charge on any atom is 0.246 e. The van der Waals surface area contributed by atoms with Crippen LogP contribution in [-0.2, 0) is 25.6 Å². The second kappa shape index (κ2) is 12.2. The highest BCUT2D eigenvalue weighted by molar-refractivity contribution is 5.99. The highest BCUT2D eigenvalue weighted by atomic mass is 16.5. The maximum atomic E-state index is 13.7. The Morgan fingerprint density at radius 3 is 2.42 bits per heavy atom. The molecule has 0 unspecified atom stereocenters. The zero-order valence-electron chi connectivity index (χ0n) is 21.3. The highest BCUT2D eigenvalue weighted by Gasteiger charge is 2.43. The molecule has 0 radical (unpaired) electrons. The molecule has 198 valence electrons. The first-order valence-electron chi connectivity index (χ1n) is 12.7. The first kappa shape index (κ1) is 27.4. The van der Waals surface area contributed by atoms with Crippen LogP contribution in [-0.4, -0.2) is 77.6 Å². The molecular formula is C26H38N4O6. The Morgan fingerprint density at radius 1 is 1.06 bits per heavy atom. The number of aliphatic hydroxyl groups excluding tert-OH is 1. The van der Waals surface area contributed by atoms with Gasteiger partial charge in [-0.3, -0.25) is 19.2 Å². The van der Waals surface area contributed by atoms with E-state index < -0.39 is 35.5 Å². The molecule has 0 aromatic heterocycles. The Labute approximate surface area is 212 Å². The van der Waals surface area contributed by atoms with E-state index in [1.807, 2.05) is 12.1 Å². The van der Waals surface area contributed by atoms with Gasteiger partial charge in [-0.1, -0.05) is 19.1 Å². The maximum absolute atomic E-state index is 13.7. The third-order valence-corrected chi connectivity index (χ3v) is 7.18. The van der Waals surface area contributed by atoms with Gasteiger partial charge in [0.2, 0.25) is 23.6 Å². The fourth-order valence-electron chi connectivity index (χ4n) is 4.68. The number of rotatable bonds is 8. The quantitative estimate of drug-likeness (QED) is 0.386. The fraction of sp³-hybridized carbons (Fsp3) is 0.615. The number of nitrogens with one attached hydrogen (secondary N) is 3. The average molecular weight is 503 g/mol. The normalized spacial score (nSPS) is 27.3. The number of fused-ring (bicyclic) bond motifs is 1. The van der Waals surface area contributed by atoms with E-state index in [9.17, 15) is 19.2 Å². The van der Waals surface area contributed by atoms with Crippen LogP contribution in [0, 0.1) is 0 Å². The second-order valence-electron chi connectivity index (χ2n) is 9.72. The number of nitrogens with zero attached hydrogens (tertiary/aromatic N) is 1. The second-order valence-corrected chi connectivity index (χ2v) is 9.72. The van der Waals surface area contributed by atoms with Gasteiger partial charge in [-0.15, -0.1) is 0 Å². The van der Waals surface area contributed by atoms with E-state index in [1.54, 1.807) is 33.1 Å². The number of ether oxygens (including phenoxy) is 1. The fourth-order valence-corrected chi connectivity index (χ4v) is 4.68. The summed E-state index contributed by atoms with van der Waals surface area (Å²) in [4.78, 5) is 55.2. The molecule has 2 aliphatic rings. The molecule has 4 atom stereocenters. The molecule has 2 fully saturated rings. The van der Waals surface area contributed by atoms with Crippen molar-refractivity contribution < 1.29 is 29.0 Å². The van der Waals surface area contributed by atoms with E-state index >= 15 is 0 Å². The number of amides is 4. The van der Waals surface area contributed by atoms with Gasteiger partial charge in [-0.2, -0.15) is 0 Å². The van der Waals surface area contributed by atoms with Gasteiger partial charge in [0.05, 0.1) is 7.11 Å². The number of aliphatic hydroxyl groups is 1. The molecule has 1 aromatic rings. The van der Waals surface area contributed by atoms with Crippen molar-refractivity contribution >= 4 is 23.6 Å². The van der Waals surface area contributed by atoms with Gasteiger partial charge >= 0.3 is 0 Å². The molecule has 2 aliphatic heterocycles. The number of hydrogen-bond donors (Lipinski definition) is 4. The number of unbranched alkanes of at least 4 members (excludes halogenated alkanes) is 1. The SMILES string of the molecule is CC[C@]1(C)NC(=O)[C@H](CCCCO)NC(=O)[C@H]2CCCN2C(=O)[C@H](Cc2ccc(OC)cc2)NC1=O. The molecule has 0 bridgehead atoms. The number of benzene rings is 1. The predicted octanol–water partition coefficient (Wildman–Crippen LogP) is 0.659. The molecule has 4 amide bonds. The van der Waals surface area contributed by atoms with E-state index in [0.717, 1.165) is 5.56 Å². The lowest BCUT2D eigenvalue weighted by atomic mass is 9.94. The monoisotopic (exact) mass is 502 g/mol. The molecule has 2 saturated heterocycles. The van der Waals surface area contributed by atoms with Crippen LogP contribution in [0.5, 0.6) is 5.75 Å². The average Bonchev–Trinajstić information content (AvgIpc) is 3.37. The zero-order chi connectivity index (χ0) is 26.3. The summed E-state index contributed by atoms with van der Waals surface area (Å²) in [7, 11) is 1.57. The summed E-state index contributed by atoms with van der Waals surface area (Å²) >= 11 is 0. The van der Waals surface area contributed by atoms with E-state index in [4.69, 9.17) is 9.84 Å². The van der Waals surface area contributed by atoms with Crippen molar-refractivity contribution in [1.29, 1.82) is 0 Å². The standard InChI is InChI=1S/C26H38N4O6/c1-4-26(2)25(35)28-20(16-17-10-12-18(36-3)13-11-17)24(34)30-14-7-9-21(30)23(33)27-19(22(32)29-26)8-5-6-15-31/h10-13,19-21,31H,4-9,14-16H2,1-3H3,(H,27,33)(H,28,35)(H,29,32)/t19-,20-,21+,26-/m0/s1. The van der Waals surface area contributed by atoms with Crippen LogP contribution in [0.3, 0.4) is 0 Å². The van der Waals surface area contributed by atoms with E-state index in [0.29, 0.717) is 44.4 Å². The van der Waals surface area contributed by atoms with Gasteiger partial charge in [-0.05, 0) is 63.1 Å². The summed E-state index contributed by atoms with van der Waals surface area (Å²) in [6.07, 6.45) is 3.00. The van der Waals surface area contributed by atoms with Gasteiger partial charge < -0.3 is 30.7 Å². The molecule has 36 heavy (non-hydrogen) atoms. The van der Waals surface area contributed by atoms with Crippen LogP contribution in [0.15, 0.2) is 24.3 Å². The van der Waals surface area contributed by atoms with Crippen LogP contribution >= 0.6 is 0 Å². The van der Waals surface area contributed by atoms with Gasteiger partial charge in [0.1, 0.15) is 29.4 Å². The smallest absolute Gasteiger partial charge is 0.246 e. The van der Waals surface area contributed by atoms with Crippen molar-refractivity contribution in [3.63, 3.8) is 0 Å². The first-order valence-corrected chi connectivity index (χ1v) is 12.7. The van der Waals surface area contributed by atoms with Crippen molar-refractivity contribution in [3.05, 3.63) is 29.8 Å². The van der Waals surface area contributed by atoms with Gasteiger partial charge in [0.25, 0.3) is 0 Å². The zero-order valence-corrected chi connectivity index (χ0v) is 21.3. The summed E-state index contributed by atoms with van der Waals surface area (Å²) in [6.45, 7) is 3.78. The predicted molar refractivity (Wildman–Crippen MR) is 133 cm³/mol. The molecule has 3 rings (SSSR count). The molecule has 4 N–H and O–H groups in total. The molecule has 2 heterocycles. The van der Waals surface area contributed by atoms with Crippen molar-refractivity contribution in [2.75, 3.05) is 20.3 Å². The number of carbonyl (C=O) groups excluding carboxylic acids is 4. The van der Waals surface area contributed by atoms with Crippen LogP contribution in [0.1, 0.15) is 57.9 Å². The lowest BCUT2D eigenvalue weighted by Gasteiger charge is -2.36. The van der Waals surface area contributed by atoms with Crippen molar-refractivity contribution in [2.45, 2.75) is 82.5 Å². The third-order valence-electron chi connectivity index (χ3n) is 7.18. The lowest BCUT2D eigenvalue weighted by molar-refractivity contribution is -0.144. The number of carbonyl (C=O) groups is 4. The van der Waals surface area contributed by atoms with Crippen LogP contribution in [0.25, 0.3) is 0 Å². The third kappa shape index (κ3) is 6.34. The van der Waals surface area contributed by atoms with Crippen LogP contribution in [0.2, 0.25) is 0 Å². The first-order chi connectivity index (χ1) is 17.2. The topological polar surface area (TPSA) is 137 Å². The molecule has 10 nitrogen and oxygen atoms in total. The number of hydrogen-bond acceptors (Lipinski definition) is 6. The summed E-state index contributed by atoms with van der Waals surface area (Å²) in [6, 6.07) is 4.77. The molecule has 0 spiro atoms. The largest absolute Gasteiger partial charge is 0.497 e. The van der Waals surface area contributed by atoms with Crippen molar-refractivity contribution in [2.24, 2.45) is 0 Å². The van der Waals surface area contributed by atoms with Crippen molar-refractivity contribution in [3.8, 4) is 5.75 Å². The molecular weight excluding hydrogens is 464 g/mol. The van der Waals surface area contributed by atoms with Gasteiger partial charge in [-0.25, -0.2) is 0 Å². The summed E-state index contributed by atoms with van der Waals surface area (Å²) < 4.78 is 5.21. The summed E-state index contributed by atoms with van der Waals surface area (Å²) in [5.41, 5.74) is -0.452.